The summed E-state index contributed by atoms with van der Waals surface area (Å²) in [6, 6.07) is 6.67. The second kappa shape index (κ2) is 4.05. The first-order valence-electron chi connectivity index (χ1n) is 4.86. The Hall–Kier alpha value is -0.630. The predicted octanol–water partition coefficient (Wildman–Crippen LogP) is 2.86. The molecule has 0 aliphatic heterocycles. The fourth-order valence-electron chi connectivity index (χ4n) is 1.93. The van der Waals surface area contributed by atoms with Crippen LogP contribution < -0.4 is 5.32 Å². The Morgan fingerprint density at radius 3 is 2.69 bits per heavy atom. The van der Waals surface area contributed by atoms with Crippen LogP contribution in [0.15, 0.2) is 18.2 Å². The summed E-state index contributed by atoms with van der Waals surface area (Å²) in [7, 11) is 0. The number of nitrogens with one attached hydrogen (secondary N) is 1. The zero-order valence-electron chi connectivity index (χ0n) is 7.71. The van der Waals surface area contributed by atoms with Gasteiger partial charge in [-0.15, -0.1) is 0 Å². The highest BCUT2D eigenvalue weighted by molar-refractivity contribution is 7.80. The van der Waals surface area contributed by atoms with Gasteiger partial charge in [0, 0.05) is 5.69 Å². The van der Waals surface area contributed by atoms with Crippen LogP contribution in [0.3, 0.4) is 0 Å². The zero-order chi connectivity index (χ0) is 9.10. The number of aryl methyl sites for hydroxylation is 2. The molecule has 1 aromatic carbocycles. The van der Waals surface area contributed by atoms with Gasteiger partial charge in [-0.25, -0.2) is 0 Å². The third-order valence-electron chi connectivity index (χ3n) is 2.63. The van der Waals surface area contributed by atoms with Crippen molar-refractivity contribution >= 4 is 18.3 Å². The van der Waals surface area contributed by atoms with E-state index in [2.05, 4.69) is 36.1 Å². The van der Waals surface area contributed by atoms with Crippen LogP contribution in [0.5, 0.6) is 0 Å². The van der Waals surface area contributed by atoms with E-state index in [1.165, 1.54) is 42.5 Å². The van der Waals surface area contributed by atoms with Crippen molar-refractivity contribution in [1.29, 1.82) is 0 Å². The minimum atomic E-state index is 0.707. The van der Waals surface area contributed by atoms with Crippen LogP contribution in [0.25, 0.3) is 0 Å². The van der Waals surface area contributed by atoms with Gasteiger partial charge >= 0.3 is 0 Å². The molecule has 1 nitrogen and oxygen atoms in total. The minimum absolute atomic E-state index is 0.707. The molecule has 13 heavy (non-hydrogen) atoms. The summed E-state index contributed by atoms with van der Waals surface area (Å²) in [5.41, 5.74) is 4.27. The molecule has 1 N–H and O–H groups in total. The summed E-state index contributed by atoms with van der Waals surface area (Å²) in [5, 5.41) is 3.22. The normalized spacial score (nSPS) is 15.2. The van der Waals surface area contributed by atoms with Gasteiger partial charge in [0.05, 0.1) is 5.88 Å². The van der Waals surface area contributed by atoms with Crippen molar-refractivity contribution in [2.45, 2.75) is 25.7 Å². The van der Waals surface area contributed by atoms with Crippen LogP contribution in [0, 0.1) is 0 Å². The Kier molecular flexibility index (Phi) is 2.79. The summed E-state index contributed by atoms with van der Waals surface area (Å²) in [4.78, 5) is 0. The number of thiol groups is 1. The Balaban J connectivity index is 2.24. The number of fused-ring (bicyclic) bond motifs is 1. The molecule has 70 valence electrons. The van der Waals surface area contributed by atoms with Crippen LogP contribution in [-0.4, -0.2) is 5.88 Å². The molecule has 0 saturated heterocycles. The van der Waals surface area contributed by atoms with Crippen LogP contribution in [0.4, 0.5) is 5.69 Å². The molecule has 0 fully saturated rings. The molecule has 2 rings (SSSR count). The maximum absolute atomic E-state index is 4.15. The van der Waals surface area contributed by atoms with Crippen molar-refractivity contribution in [2.24, 2.45) is 0 Å². The lowest BCUT2D eigenvalue weighted by molar-refractivity contribution is 0.686. The van der Waals surface area contributed by atoms with E-state index in [1.54, 1.807) is 0 Å². The van der Waals surface area contributed by atoms with Crippen LogP contribution in [-0.2, 0) is 12.8 Å². The highest BCUT2D eigenvalue weighted by Gasteiger charge is 2.08. The fraction of sp³-hybridized carbons (Fsp3) is 0.455. The maximum atomic E-state index is 4.15. The Morgan fingerprint density at radius 2 is 1.92 bits per heavy atom. The first-order valence-corrected chi connectivity index (χ1v) is 5.50. The predicted molar refractivity (Wildman–Crippen MR) is 60.6 cm³/mol. The molecule has 1 aliphatic carbocycles. The number of hydrogen-bond acceptors (Lipinski definition) is 2. The van der Waals surface area contributed by atoms with Crippen LogP contribution >= 0.6 is 12.6 Å². The lowest BCUT2D eigenvalue weighted by Crippen LogP contribution is -2.03. The third kappa shape index (κ3) is 1.99. The van der Waals surface area contributed by atoms with Crippen molar-refractivity contribution in [3.8, 4) is 0 Å². The number of rotatable bonds is 2. The summed E-state index contributed by atoms with van der Waals surface area (Å²) in [6.45, 7) is 0. The van der Waals surface area contributed by atoms with E-state index in [0.717, 1.165) is 0 Å². The monoisotopic (exact) mass is 193 g/mol. The summed E-state index contributed by atoms with van der Waals surface area (Å²) < 4.78 is 0. The van der Waals surface area contributed by atoms with Gasteiger partial charge in [-0.1, -0.05) is 6.07 Å². The standard InChI is InChI=1S/C11H15NS/c13-8-12-11-6-5-9-3-1-2-4-10(9)7-11/h5-7,12-13H,1-4,8H2. The van der Waals surface area contributed by atoms with Gasteiger partial charge in [0.1, 0.15) is 0 Å². The molecule has 2 heteroatoms. The van der Waals surface area contributed by atoms with Gasteiger partial charge in [0.15, 0.2) is 0 Å². The molecule has 0 saturated carbocycles. The molecule has 1 aliphatic rings. The Morgan fingerprint density at radius 1 is 1.15 bits per heavy atom. The highest BCUT2D eigenvalue weighted by Crippen LogP contribution is 2.24. The Bertz CT molecular complexity index is 296. The largest absolute Gasteiger partial charge is 0.376 e. The first kappa shape index (κ1) is 8.95. The number of benzene rings is 1. The molecule has 0 amide bonds. The second-order valence-corrected chi connectivity index (χ2v) is 3.84. The van der Waals surface area contributed by atoms with Gasteiger partial charge in [0.2, 0.25) is 0 Å². The smallest absolute Gasteiger partial charge is 0.0581 e. The summed E-state index contributed by atoms with van der Waals surface area (Å²) in [6.07, 6.45) is 5.21. The molecule has 0 unspecified atom stereocenters. The fourth-order valence-corrected chi connectivity index (χ4v) is 2.12. The number of anilines is 1. The van der Waals surface area contributed by atoms with E-state index >= 15 is 0 Å². The van der Waals surface area contributed by atoms with Gasteiger partial charge in [-0.2, -0.15) is 12.6 Å². The molecule has 1 aromatic rings. The lowest BCUT2D eigenvalue weighted by Gasteiger charge is -2.16. The lowest BCUT2D eigenvalue weighted by atomic mass is 9.91. The quantitative estimate of drug-likeness (QED) is 0.543. The van der Waals surface area contributed by atoms with E-state index in [1.807, 2.05) is 0 Å². The van der Waals surface area contributed by atoms with Crippen molar-refractivity contribution in [3.05, 3.63) is 29.3 Å². The summed E-state index contributed by atoms with van der Waals surface area (Å²) >= 11 is 4.15. The molecule has 0 radical (unpaired) electrons. The van der Waals surface area contributed by atoms with Gasteiger partial charge < -0.3 is 5.32 Å². The molecule has 0 aromatic heterocycles. The van der Waals surface area contributed by atoms with Gasteiger partial charge in [0.25, 0.3) is 0 Å². The highest BCUT2D eigenvalue weighted by atomic mass is 32.1. The van der Waals surface area contributed by atoms with Crippen molar-refractivity contribution in [2.75, 3.05) is 11.2 Å². The molecular formula is C11H15NS. The third-order valence-corrected chi connectivity index (χ3v) is 2.79. The topological polar surface area (TPSA) is 12.0 Å². The van der Waals surface area contributed by atoms with E-state index in [-0.39, 0.29) is 0 Å². The second-order valence-electron chi connectivity index (χ2n) is 3.53. The average Bonchev–Trinajstić information content (AvgIpc) is 2.18. The van der Waals surface area contributed by atoms with E-state index in [0.29, 0.717) is 5.88 Å². The zero-order valence-corrected chi connectivity index (χ0v) is 8.61. The van der Waals surface area contributed by atoms with Crippen molar-refractivity contribution in [3.63, 3.8) is 0 Å². The van der Waals surface area contributed by atoms with E-state index in [9.17, 15) is 0 Å². The molecule has 0 bridgehead atoms. The minimum Gasteiger partial charge on any atom is -0.376 e. The molecular weight excluding hydrogens is 178 g/mol. The van der Waals surface area contributed by atoms with Crippen LogP contribution in [0.2, 0.25) is 0 Å². The van der Waals surface area contributed by atoms with Crippen LogP contribution in [0.1, 0.15) is 24.0 Å². The summed E-state index contributed by atoms with van der Waals surface area (Å²) in [5.74, 6) is 0.707. The Labute approximate surface area is 85.0 Å². The molecule has 0 spiro atoms. The first-order chi connectivity index (χ1) is 6.40. The van der Waals surface area contributed by atoms with Crippen molar-refractivity contribution in [1.82, 2.24) is 0 Å². The van der Waals surface area contributed by atoms with E-state index in [4.69, 9.17) is 0 Å². The number of hydrogen-bond donors (Lipinski definition) is 2. The van der Waals surface area contributed by atoms with Gasteiger partial charge in [-0.05, 0) is 48.9 Å². The van der Waals surface area contributed by atoms with Gasteiger partial charge in [-0.3, -0.25) is 0 Å². The molecule has 0 heterocycles. The molecule has 0 atom stereocenters. The maximum Gasteiger partial charge on any atom is 0.0581 e. The SMILES string of the molecule is SCNc1ccc2c(c1)CCCC2. The average molecular weight is 193 g/mol. The van der Waals surface area contributed by atoms with E-state index < -0.39 is 0 Å². The van der Waals surface area contributed by atoms with Crippen molar-refractivity contribution < 1.29 is 0 Å².